The molecule has 0 N–H and O–H groups in total. The van der Waals surface area contributed by atoms with Crippen LogP contribution in [0.1, 0.15) is 5.56 Å². The molecule has 0 aliphatic rings. The number of carbonyl (C=O) groups is 2. The number of halogens is 2. The number of amides is 1. The first-order valence-electron chi connectivity index (χ1n) is 8.76. The van der Waals surface area contributed by atoms with E-state index in [1.54, 1.807) is 31.3 Å². The van der Waals surface area contributed by atoms with Crippen LogP contribution in [0.15, 0.2) is 47.3 Å². The predicted octanol–water partition coefficient (Wildman–Crippen LogP) is 2.33. The van der Waals surface area contributed by atoms with Gasteiger partial charge in [0.2, 0.25) is 0 Å². The van der Waals surface area contributed by atoms with Crippen molar-refractivity contribution in [1.82, 2.24) is 14.0 Å². The lowest BCUT2D eigenvalue weighted by molar-refractivity contribution is -0.152. The summed E-state index contributed by atoms with van der Waals surface area (Å²) in [4.78, 5) is 37.9. The number of imidazole rings is 1. The first-order chi connectivity index (χ1) is 13.8. The zero-order chi connectivity index (χ0) is 21.1. The standard InChI is InChI=1S/C20H19ClFN3O4/c1-23(10-13-14(21)6-5-7-15(13)22)18(26)12-29-19(27)11-25-17-9-4-3-8-16(17)24(2)20(25)28/h3-9H,10-12H2,1-2H3. The highest BCUT2D eigenvalue weighted by Crippen LogP contribution is 2.20. The van der Waals surface area contributed by atoms with E-state index in [0.29, 0.717) is 11.0 Å². The van der Waals surface area contributed by atoms with Gasteiger partial charge >= 0.3 is 11.7 Å². The van der Waals surface area contributed by atoms with Gasteiger partial charge in [-0.25, -0.2) is 9.18 Å². The van der Waals surface area contributed by atoms with Crippen LogP contribution in [-0.2, 0) is 34.5 Å². The molecule has 1 heterocycles. The van der Waals surface area contributed by atoms with E-state index >= 15 is 0 Å². The van der Waals surface area contributed by atoms with Gasteiger partial charge in [0.25, 0.3) is 5.91 Å². The van der Waals surface area contributed by atoms with E-state index in [4.69, 9.17) is 16.3 Å². The lowest BCUT2D eigenvalue weighted by atomic mass is 10.2. The summed E-state index contributed by atoms with van der Waals surface area (Å²) in [5.74, 6) is -1.78. The van der Waals surface area contributed by atoms with Crippen LogP contribution in [-0.4, -0.2) is 39.6 Å². The average Bonchev–Trinajstić information content (AvgIpc) is 2.94. The molecule has 0 fully saturated rings. The molecule has 0 saturated heterocycles. The largest absolute Gasteiger partial charge is 0.454 e. The molecule has 0 atom stereocenters. The number of aryl methyl sites for hydroxylation is 1. The topological polar surface area (TPSA) is 73.5 Å². The smallest absolute Gasteiger partial charge is 0.329 e. The Morgan fingerprint density at radius 2 is 1.83 bits per heavy atom. The highest BCUT2D eigenvalue weighted by molar-refractivity contribution is 6.31. The maximum Gasteiger partial charge on any atom is 0.329 e. The van der Waals surface area contributed by atoms with Crippen molar-refractivity contribution < 1.29 is 18.7 Å². The lowest BCUT2D eigenvalue weighted by Crippen LogP contribution is -2.32. The molecule has 3 rings (SSSR count). The zero-order valence-electron chi connectivity index (χ0n) is 15.9. The third kappa shape index (κ3) is 4.32. The van der Waals surface area contributed by atoms with Crippen LogP contribution in [0.25, 0.3) is 11.0 Å². The van der Waals surface area contributed by atoms with Gasteiger partial charge in [-0.05, 0) is 24.3 Å². The van der Waals surface area contributed by atoms with E-state index in [-0.39, 0.29) is 29.4 Å². The number of likely N-dealkylation sites (N-methyl/N-ethyl adjacent to an activating group) is 1. The highest BCUT2D eigenvalue weighted by atomic mass is 35.5. The van der Waals surface area contributed by atoms with Gasteiger partial charge in [-0.1, -0.05) is 29.8 Å². The molecule has 9 heteroatoms. The number of rotatable bonds is 6. The van der Waals surface area contributed by atoms with Gasteiger partial charge in [0.05, 0.1) is 11.0 Å². The maximum absolute atomic E-state index is 13.9. The van der Waals surface area contributed by atoms with Gasteiger partial charge in [0, 0.05) is 31.2 Å². The van der Waals surface area contributed by atoms with Gasteiger partial charge in [-0.3, -0.25) is 18.7 Å². The Bertz CT molecular complexity index is 1120. The molecule has 0 aliphatic carbocycles. The molecule has 152 valence electrons. The van der Waals surface area contributed by atoms with E-state index in [0.717, 1.165) is 0 Å². The fraction of sp³-hybridized carbons (Fsp3) is 0.250. The number of hydrogen-bond donors (Lipinski definition) is 0. The summed E-state index contributed by atoms with van der Waals surface area (Å²) in [6.45, 7) is -0.915. The number of carbonyl (C=O) groups excluding carboxylic acids is 2. The lowest BCUT2D eigenvalue weighted by Gasteiger charge is -2.18. The molecule has 7 nitrogen and oxygen atoms in total. The second-order valence-corrected chi connectivity index (χ2v) is 6.93. The minimum absolute atomic E-state index is 0.0648. The summed E-state index contributed by atoms with van der Waals surface area (Å²) in [5, 5.41) is 0.206. The van der Waals surface area contributed by atoms with E-state index in [2.05, 4.69) is 0 Å². The van der Waals surface area contributed by atoms with Crippen LogP contribution >= 0.6 is 11.6 Å². The van der Waals surface area contributed by atoms with Crippen LogP contribution in [0.4, 0.5) is 4.39 Å². The van der Waals surface area contributed by atoms with E-state index < -0.39 is 24.3 Å². The van der Waals surface area contributed by atoms with Crippen molar-refractivity contribution in [3.8, 4) is 0 Å². The summed E-state index contributed by atoms with van der Waals surface area (Å²) < 4.78 is 21.6. The monoisotopic (exact) mass is 419 g/mol. The number of esters is 1. The number of para-hydroxylation sites is 2. The number of aromatic nitrogens is 2. The molecule has 0 saturated carbocycles. The fourth-order valence-corrected chi connectivity index (χ4v) is 3.17. The summed E-state index contributed by atoms with van der Waals surface area (Å²) in [7, 11) is 3.06. The van der Waals surface area contributed by atoms with Crippen molar-refractivity contribution in [3.05, 3.63) is 69.4 Å². The average molecular weight is 420 g/mol. The molecular weight excluding hydrogens is 401 g/mol. The molecule has 2 aromatic carbocycles. The molecular formula is C20H19ClFN3O4. The van der Waals surface area contributed by atoms with Crippen molar-refractivity contribution in [1.29, 1.82) is 0 Å². The number of nitrogens with zero attached hydrogens (tertiary/aromatic N) is 3. The van der Waals surface area contributed by atoms with Crippen molar-refractivity contribution >= 4 is 34.5 Å². The first kappa shape index (κ1) is 20.6. The van der Waals surface area contributed by atoms with E-state index in [1.807, 2.05) is 0 Å². The number of benzene rings is 2. The quantitative estimate of drug-likeness (QED) is 0.575. The van der Waals surface area contributed by atoms with Crippen LogP contribution in [0, 0.1) is 5.82 Å². The Morgan fingerprint density at radius 3 is 2.52 bits per heavy atom. The number of hydrogen-bond acceptors (Lipinski definition) is 4. The summed E-state index contributed by atoms with van der Waals surface area (Å²) in [6, 6.07) is 11.3. The Hall–Kier alpha value is -3.13. The second kappa shape index (κ2) is 8.48. The fourth-order valence-electron chi connectivity index (χ4n) is 2.95. The third-order valence-corrected chi connectivity index (χ3v) is 4.93. The van der Waals surface area contributed by atoms with Gasteiger partial charge < -0.3 is 9.64 Å². The van der Waals surface area contributed by atoms with Crippen molar-refractivity contribution in [2.75, 3.05) is 13.7 Å². The molecule has 1 amide bonds. The van der Waals surface area contributed by atoms with Crippen molar-refractivity contribution in [2.24, 2.45) is 7.05 Å². The number of fused-ring (bicyclic) bond motifs is 1. The normalized spacial score (nSPS) is 10.9. The van der Waals surface area contributed by atoms with Gasteiger partial charge in [-0.15, -0.1) is 0 Å². The predicted molar refractivity (Wildman–Crippen MR) is 106 cm³/mol. The van der Waals surface area contributed by atoms with Gasteiger partial charge in [0.1, 0.15) is 12.4 Å². The second-order valence-electron chi connectivity index (χ2n) is 6.53. The molecule has 0 unspecified atom stereocenters. The maximum atomic E-state index is 13.9. The minimum Gasteiger partial charge on any atom is -0.454 e. The Morgan fingerprint density at radius 1 is 1.14 bits per heavy atom. The van der Waals surface area contributed by atoms with E-state index in [9.17, 15) is 18.8 Å². The summed E-state index contributed by atoms with van der Waals surface area (Å²) in [5.41, 5.74) is 1.09. The van der Waals surface area contributed by atoms with Crippen molar-refractivity contribution in [2.45, 2.75) is 13.1 Å². The molecule has 0 radical (unpaired) electrons. The van der Waals surface area contributed by atoms with Crippen LogP contribution < -0.4 is 5.69 Å². The third-order valence-electron chi connectivity index (χ3n) is 4.58. The zero-order valence-corrected chi connectivity index (χ0v) is 16.6. The Balaban J connectivity index is 1.62. The van der Waals surface area contributed by atoms with Crippen LogP contribution in [0.5, 0.6) is 0 Å². The number of ether oxygens (including phenoxy) is 1. The summed E-state index contributed by atoms with van der Waals surface area (Å²) in [6.07, 6.45) is 0. The van der Waals surface area contributed by atoms with Crippen LogP contribution in [0.2, 0.25) is 5.02 Å². The first-order valence-corrected chi connectivity index (χ1v) is 9.14. The SMILES string of the molecule is CN(Cc1c(F)cccc1Cl)C(=O)COC(=O)Cn1c(=O)n(C)c2ccccc21. The molecule has 0 aliphatic heterocycles. The highest BCUT2D eigenvalue weighted by Gasteiger charge is 2.18. The molecule has 0 spiro atoms. The van der Waals surface area contributed by atoms with Crippen LogP contribution in [0.3, 0.4) is 0 Å². The van der Waals surface area contributed by atoms with Gasteiger partial charge in [-0.2, -0.15) is 0 Å². The molecule has 1 aromatic heterocycles. The molecule has 29 heavy (non-hydrogen) atoms. The van der Waals surface area contributed by atoms with E-state index in [1.165, 1.54) is 39.3 Å². The summed E-state index contributed by atoms with van der Waals surface area (Å²) >= 11 is 5.96. The van der Waals surface area contributed by atoms with Gasteiger partial charge in [0.15, 0.2) is 6.61 Å². The Labute approximate surface area is 170 Å². The molecule has 3 aromatic rings. The van der Waals surface area contributed by atoms with Crippen molar-refractivity contribution in [3.63, 3.8) is 0 Å². The Kier molecular flexibility index (Phi) is 6.03. The molecule has 0 bridgehead atoms. The minimum atomic E-state index is -0.728.